The van der Waals surface area contributed by atoms with E-state index < -0.39 is 26.5 Å². The van der Waals surface area contributed by atoms with Gasteiger partial charge in [-0.25, -0.2) is 0 Å². The van der Waals surface area contributed by atoms with Crippen LogP contribution in [0.2, 0.25) is 0 Å². The van der Waals surface area contributed by atoms with Crippen molar-refractivity contribution in [3.05, 3.63) is 60.8 Å². The van der Waals surface area contributed by atoms with Crippen LogP contribution in [0.15, 0.2) is 60.8 Å². The fourth-order valence-electron chi connectivity index (χ4n) is 12.3. The molecule has 0 aliphatic rings. The molecule has 0 radical (unpaired) electrons. The Bertz CT molecular complexity index is 1770. The number of nitrogens with zero attached hydrogens (tertiary/aromatic N) is 1. The van der Waals surface area contributed by atoms with Gasteiger partial charge in [0.2, 0.25) is 0 Å². The van der Waals surface area contributed by atoms with Crippen molar-refractivity contribution >= 4 is 19.8 Å². The van der Waals surface area contributed by atoms with E-state index in [1.807, 2.05) is 21.1 Å². The summed E-state index contributed by atoms with van der Waals surface area (Å²) in [7, 11) is 1.18. The molecule has 9 nitrogen and oxygen atoms in total. The molecule has 2 unspecified atom stereocenters. The molecule has 0 amide bonds. The molecule has 0 aromatic carbocycles. The number of hydrogen-bond acceptors (Lipinski definition) is 8. The van der Waals surface area contributed by atoms with E-state index in [1.54, 1.807) is 0 Å². The maximum absolute atomic E-state index is 12.9. The minimum Gasteiger partial charge on any atom is -0.756 e. The van der Waals surface area contributed by atoms with Gasteiger partial charge in [0.25, 0.3) is 7.82 Å². The molecule has 0 aromatic heterocycles. The lowest BCUT2D eigenvalue weighted by Crippen LogP contribution is -2.37. The Labute approximate surface area is 585 Å². The molecule has 0 saturated heterocycles. The lowest BCUT2D eigenvalue weighted by Gasteiger charge is -2.28. The zero-order chi connectivity index (χ0) is 68.3. The number of phosphoric acid groups is 1. The first-order valence-corrected chi connectivity index (χ1v) is 42.5. The van der Waals surface area contributed by atoms with Crippen LogP contribution in [0.25, 0.3) is 0 Å². The topological polar surface area (TPSA) is 111 Å². The van der Waals surface area contributed by atoms with Crippen molar-refractivity contribution in [2.45, 2.75) is 418 Å². The van der Waals surface area contributed by atoms with E-state index in [0.29, 0.717) is 17.4 Å². The van der Waals surface area contributed by atoms with Gasteiger partial charge >= 0.3 is 11.9 Å². The monoisotopic (exact) mass is 1340 g/mol. The van der Waals surface area contributed by atoms with Crippen molar-refractivity contribution in [1.82, 2.24) is 0 Å². The second kappa shape index (κ2) is 74.9. The Kier molecular flexibility index (Phi) is 73.1. The zero-order valence-corrected chi connectivity index (χ0v) is 64.1. The van der Waals surface area contributed by atoms with Crippen molar-refractivity contribution in [1.29, 1.82) is 0 Å². The van der Waals surface area contributed by atoms with Crippen LogP contribution in [0.5, 0.6) is 0 Å². The van der Waals surface area contributed by atoms with Crippen LogP contribution in [-0.2, 0) is 32.7 Å². The molecule has 0 rings (SSSR count). The largest absolute Gasteiger partial charge is 0.756 e. The van der Waals surface area contributed by atoms with Crippen LogP contribution in [-0.4, -0.2) is 70.0 Å². The van der Waals surface area contributed by atoms with Crippen LogP contribution in [0.3, 0.4) is 0 Å². The third kappa shape index (κ3) is 78.7. The van der Waals surface area contributed by atoms with Gasteiger partial charge in [-0.15, -0.1) is 0 Å². The molecule has 0 bridgehead atoms. The lowest BCUT2D eigenvalue weighted by molar-refractivity contribution is -0.870. The van der Waals surface area contributed by atoms with Gasteiger partial charge in [0, 0.05) is 12.8 Å². The molecule has 0 spiro atoms. The third-order valence-electron chi connectivity index (χ3n) is 18.6. The number of phosphoric ester groups is 1. The van der Waals surface area contributed by atoms with Gasteiger partial charge in [0.05, 0.1) is 27.7 Å². The van der Waals surface area contributed by atoms with Crippen molar-refractivity contribution in [3.63, 3.8) is 0 Å². The van der Waals surface area contributed by atoms with Gasteiger partial charge in [0.1, 0.15) is 19.8 Å². The van der Waals surface area contributed by atoms with Gasteiger partial charge in [-0.3, -0.25) is 14.2 Å². The third-order valence-corrected chi connectivity index (χ3v) is 19.5. The molecule has 0 saturated carbocycles. The molecular formula is C84H158NO8P. The SMILES string of the molecule is CC/C=C\C/C=C\C/C=C\C/C=C\C/C=C\CCCCCCCCCCCCCCCCCC(=O)OC(COC(=O)CCCCCCCCCCCCCCCCCCCCCCCCCCCCCCCCCCCCCCCCC)COP(=O)([O-])OCC[N+](C)(C)C. The number of quaternary nitrogens is 1. The summed E-state index contributed by atoms with van der Waals surface area (Å²) in [5, 5.41) is 0. The average molecular weight is 1340 g/mol. The highest BCUT2D eigenvalue weighted by molar-refractivity contribution is 7.45. The number of ether oxygens (including phenoxy) is 2. The lowest BCUT2D eigenvalue weighted by atomic mass is 10.0. The smallest absolute Gasteiger partial charge is 0.306 e. The average Bonchev–Trinajstić information content (AvgIpc) is 1.66. The van der Waals surface area contributed by atoms with Gasteiger partial charge in [-0.1, -0.05) is 402 Å². The molecule has 94 heavy (non-hydrogen) atoms. The first kappa shape index (κ1) is 91.7. The Hall–Kier alpha value is -2.29. The van der Waals surface area contributed by atoms with E-state index in [1.165, 1.54) is 308 Å². The molecular weight excluding hydrogens is 1180 g/mol. The summed E-state index contributed by atoms with van der Waals surface area (Å²) in [6.07, 6.45) is 101. The number of rotatable bonds is 77. The van der Waals surface area contributed by atoms with Crippen molar-refractivity contribution in [2.24, 2.45) is 0 Å². The quantitative estimate of drug-likeness (QED) is 0.0195. The molecule has 2 atom stereocenters. The number of likely N-dealkylation sites (N-methyl/N-ethyl adjacent to an activating group) is 1. The van der Waals surface area contributed by atoms with Crippen LogP contribution in [0.1, 0.15) is 412 Å². The summed E-state index contributed by atoms with van der Waals surface area (Å²) in [6.45, 7) is 4.20. The normalized spacial score (nSPS) is 13.3. The second-order valence-electron chi connectivity index (χ2n) is 29.1. The summed E-state index contributed by atoms with van der Waals surface area (Å²) in [5.41, 5.74) is 0. The fraction of sp³-hybridized carbons (Fsp3) is 0.857. The molecule has 0 heterocycles. The van der Waals surface area contributed by atoms with E-state index in [0.717, 1.165) is 70.6 Å². The predicted molar refractivity (Wildman–Crippen MR) is 407 cm³/mol. The Balaban J connectivity index is 3.89. The number of hydrogen-bond donors (Lipinski definition) is 0. The maximum atomic E-state index is 12.9. The Morgan fingerprint density at radius 2 is 0.606 bits per heavy atom. The van der Waals surface area contributed by atoms with Crippen LogP contribution in [0.4, 0.5) is 0 Å². The van der Waals surface area contributed by atoms with Gasteiger partial charge < -0.3 is 27.9 Å². The summed E-state index contributed by atoms with van der Waals surface area (Å²) < 4.78 is 34.4. The van der Waals surface area contributed by atoms with E-state index in [4.69, 9.17) is 18.5 Å². The van der Waals surface area contributed by atoms with Crippen molar-refractivity contribution < 1.29 is 42.1 Å². The minimum atomic E-state index is -4.65. The second-order valence-corrected chi connectivity index (χ2v) is 30.5. The molecule has 0 aliphatic carbocycles. The van der Waals surface area contributed by atoms with E-state index in [9.17, 15) is 19.0 Å². The molecule has 0 aliphatic heterocycles. The van der Waals surface area contributed by atoms with Gasteiger partial charge in [-0.05, 0) is 57.8 Å². The number of carbonyl (C=O) groups is 2. The number of carbonyl (C=O) groups excluding carboxylic acids is 2. The van der Waals surface area contributed by atoms with E-state index >= 15 is 0 Å². The molecule has 0 fully saturated rings. The molecule has 552 valence electrons. The maximum Gasteiger partial charge on any atom is 0.306 e. The summed E-state index contributed by atoms with van der Waals surface area (Å²) >= 11 is 0. The summed E-state index contributed by atoms with van der Waals surface area (Å²) in [4.78, 5) is 38.2. The van der Waals surface area contributed by atoms with Gasteiger partial charge in [0.15, 0.2) is 6.10 Å². The Morgan fingerprint density at radius 3 is 0.904 bits per heavy atom. The van der Waals surface area contributed by atoms with Crippen molar-refractivity contribution in [2.75, 3.05) is 47.5 Å². The van der Waals surface area contributed by atoms with Crippen LogP contribution in [0, 0.1) is 0 Å². The molecule has 0 aromatic rings. The number of unbranched alkanes of at least 4 members (excludes halogenated alkanes) is 53. The van der Waals surface area contributed by atoms with Crippen LogP contribution < -0.4 is 4.89 Å². The summed E-state index contributed by atoms with van der Waals surface area (Å²) in [6, 6.07) is 0. The number of allylic oxidation sites excluding steroid dienone is 10. The zero-order valence-electron chi connectivity index (χ0n) is 63.2. The molecule has 10 heteroatoms. The first-order valence-electron chi connectivity index (χ1n) is 41.0. The highest BCUT2D eigenvalue weighted by Gasteiger charge is 2.22. The van der Waals surface area contributed by atoms with E-state index in [-0.39, 0.29) is 32.0 Å². The predicted octanol–water partition coefficient (Wildman–Crippen LogP) is 26.7. The van der Waals surface area contributed by atoms with Crippen LogP contribution >= 0.6 is 7.82 Å². The standard InChI is InChI=1S/C84H158NO8P/c1-6-8-10-12-14-16-18-20-22-24-26-28-30-32-34-36-38-39-40-41-42-43-44-45-47-48-50-52-54-56-58-60-62-64-66-68-70-72-74-76-83(86)90-80-82(81-92-94(88,89)91-79-78-85(3,4)5)93-84(87)77-75-73-71-69-67-65-63-61-59-57-55-53-51-49-46-37-35-33-31-29-27-25-23-21-19-17-15-13-11-9-7-2/h9,11,15,17,21,23,27,29,33,35,82H,6-8,10,12-14,16,18-20,22,24-26,28,30-32,34,36-81H2,1-5H3/b11-9-,17-15-,23-21-,29-27-,35-33-. The Morgan fingerprint density at radius 1 is 0.340 bits per heavy atom. The highest BCUT2D eigenvalue weighted by Crippen LogP contribution is 2.38. The first-order chi connectivity index (χ1) is 46.0. The number of esters is 2. The van der Waals surface area contributed by atoms with E-state index in [2.05, 4.69) is 74.6 Å². The summed E-state index contributed by atoms with van der Waals surface area (Å²) in [5.74, 6) is -0.813. The van der Waals surface area contributed by atoms with Gasteiger partial charge in [-0.2, -0.15) is 0 Å². The molecule has 0 N–H and O–H groups in total. The highest BCUT2D eigenvalue weighted by atomic mass is 31.2. The fourth-order valence-corrected chi connectivity index (χ4v) is 13.1. The minimum absolute atomic E-state index is 0.0296. The van der Waals surface area contributed by atoms with Crippen molar-refractivity contribution in [3.8, 4) is 0 Å².